The second kappa shape index (κ2) is 7.07. The summed E-state index contributed by atoms with van der Waals surface area (Å²) in [5, 5.41) is 6.19. The Balaban J connectivity index is 1.85. The van der Waals surface area contributed by atoms with Crippen LogP contribution in [0.15, 0.2) is 0 Å². The molecule has 0 bridgehead atoms. The summed E-state index contributed by atoms with van der Waals surface area (Å²) in [5.41, 5.74) is 0. The average Bonchev–Trinajstić information content (AvgIpc) is 2.70. The van der Waals surface area contributed by atoms with Crippen molar-refractivity contribution in [1.82, 2.24) is 15.5 Å². The molecule has 1 aliphatic carbocycles. The Morgan fingerprint density at radius 1 is 1.15 bits per heavy atom. The summed E-state index contributed by atoms with van der Waals surface area (Å²) < 4.78 is 0. The summed E-state index contributed by atoms with van der Waals surface area (Å²) >= 11 is 0. The maximum Gasteiger partial charge on any atom is 0.311 e. The molecule has 0 aromatic heterocycles. The molecule has 2 fully saturated rings. The topological polar surface area (TPSA) is 61.4 Å². The van der Waals surface area contributed by atoms with Gasteiger partial charge in [-0.1, -0.05) is 13.8 Å². The highest BCUT2D eigenvalue weighted by atomic mass is 16.2. The van der Waals surface area contributed by atoms with Crippen molar-refractivity contribution in [3.63, 3.8) is 0 Å². The summed E-state index contributed by atoms with van der Waals surface area (Å²) in [6.45, 7) is 7.42. The molecule has 2 amide bonds. The number of rotatable bonds is 1. The van der Waals surface area contributed by atoms with Gasteiger partial charge in [-0.15, -0.1) is 0 Å². The van der Waals surface area contributed by atoms with Gasteiger partial charge in [0.15, 0.2) is 0 Å². The van der Waals surface area contributed by atoms with Gasteiger partial charge in [-0.25, -0.2) is 0 Å². The van der Waals surface area contributed by atoms with Gasteiger partial charge in [-0.05, 0) is 44.1 Å². The van der Waals surface area contributed by atoms with E-state index >= 15 is 0 Å². The van der Waals surface area contributed by atoms with Crippen molar-refractivity contribution in [3.8, 4) is 0 Å². The molecule has 114 valence electrons. The third-order valence-electron chi connectivity index (χ3n) is 4.57. The quantitative estimate of drug-likeness (QED) is 0.697. The van der Waals surface area contributed by atoms with E-state index in [1.54, 1.807) is 4.90 Å². The van der Waals surface area contributed by atoms with E-state index in [2.05, 4.69) is 24.5 Å². The molecule has 3 unspecified atom stereocenters. The highest BCUT2D eigenvalue weighted by molar-refractivity contribution is 6.35. The molecule has 2 rings (SSSR count). The van der Waals surface area contributed by atoms with Crippen molar-refractivity contribution in [3.05, 3.63) is 0 Å². The van der Waals surface area contributed by atoms with Gasteiger partial charge < -0.3 is 15.5 Å². The smallest absolute Gasteiger partial charge is 0.311 e. The minimum Gasteiger partial charge on any atom is -0.345 e. The van der Waals surface area contributed by atoms with Crippen molar-refractivity contribution < 1.29 is 9.59 Å². The first-order valence-corrected chi connectivity index (χ1v) is 7.88. The zero-order valence-electron chi connectivity index (χ0n) is 12.7. The van der Waals surface area contributed by atoms with Gasteiger partial charge in [0.05, 0.1) is 0 Å². The van der Waals surface area contributed by atoms with Crippen LogP contribution < -0.4 is 10.6 Å². The van der Waals surface area contributed by atoms with Gasteiger partial charge in [0.25, 0.3) is 0 Å². The van der Waals surface area contributed by atoms with Crippen molar-refractivity contribution in [2.24, 2.45) is 11.8 Å². The number of amides is 2. The Bertz CT molecular complexity index is 351. The van der Waals surface area contributed by atoms with E-state index in [4.69, 9.17) is 0 Å². The highest BCUT2D eigenvalue weighted by Gasteiger charge is 2.30. The van der Waals surface area contributed by atoms with E-state index in [1.807, 2.05) is 0 Å². The number of carbonyl (C=O) groups excluding carboxylic acids is 2. The van der Waals surface area contributed by atoms with Crippen molar-refractivity contribution in [1.29, 1.82) is 0 Å². The summed E-state index contributed by atoms with van der Waals surface area (Å²) in [6, 6.07) is 0.160. The fourth-order valence-electron chi connectivity index (χ4n) is 3.30. The average molecular weight is 281 g/mol. The van der Waals surface area contributed by atoms with Gasteiger partial charge in [0.1, 0.15) is 0 Å². The Kier molecular flexibility index (Phi) is 5.40. The Hall–Kier alpha value is -1.10. The van der Waals surface area contributed by atoms with Crippen LogP contribution >= 0.6 is 0 Å². The minimum absolute atomic E-state index is 0.160. The summed E-state index contributed by atoms with van der Waals surface area (Å²) in [6.07, 6.45) is 4.17. The van der Waals surface area contributed by atoms with Crippen LogP contribution in [0, 0.1) is 11.8 Å². The molecule has 3 atom stereocenters. The fourth-order valence-corrected chi connectivity index (χ4v) is 3.30. The first-order valence-electron chi connectivity index (χ1n) is 7.88. The molecular weight excluding hydrogens is 254 g/mol. The van der Waals surface area contributed by atoms with Gasteiger partial charge in [0, 0.05) is 25.7 Å². The van der Waals surface area contributed by atoms with Crippen LogP contribution in [-0.2, 0) is 9.59 Å². The third-order valence-corrected chi connectivity index (χ3v) is 4.57. The Morgan fingerprint density at radius 3 is 2.70 bits per heavy atom. The Morgan fingerprint density at radius 2 is 1.95 bits per heavy atom. The second-order valence-electron chi connectivity index (χ2n) is 6.37. The molecule has 1 heterocycles. The molecule has 1 saturated carbocycles. The number of nitrogens with one attached hydrogen (secondary N) is 2. The second-order valence-corrected chi connectivity index (χ2v) is 6.37. The van der Waals surface area contributed by atoms with Gasteiger partial charge in [0.2, 0.25) is 0 Å². The Labute approximate surface area is 121 Å². The molecular formula is C15H27N3O2. The molecule has 0 spiro atoms. The SMILES string of the molecule is CC1CCC(NC(=O)C(=O)N2CCCNCC2)C(C)C1. The molecule has 1 saturated heterocycles. The van der Waals surface area contributed by atoms with E-state index in [0.29, 0.717) is 19.0 Å². The molecule has 2 aliphatic rings. The van der Waals surface area contributed by atoms with Gasteiger partial charge in [-0.2, -0.15) is 0 Å². The van der Waals surface area contributed by atoms with E-state index in [-0.39, 0.29) is 11.9 Å². The van der Waals surface area contributed by atoms with Crippen LogP contribution in [0.2, 0.25) is 0 Å². The number of hydrogen-bond acceptors (Lipinski definition) is 3. The lowest BCUT2D eigenvalue weighted by atomic mass is 9.80. The lowest BCUT2D eigenvalue weighted by Gasteiger charge is -2.33. The van der Waals surface area contributed by atoms with Crippen LogP contribution in [-0.4, -0.2) is 48.9 Å². The predicted octanol–water partition coefficient (Wildman–Crippen LogP) is 0.749. The van der Waals surface area contributed by atoms with Crippen LogP contribution in [0.3, 0.4) is 0 Å². The first kappa shape index (κ1) is 15.3. The lowest BCUT2D eigenvalue weighted by molar-refractivity contribution is -0.146. The van der Waals surface area contributed by atoms with Crippen LogP contribution in [0.1, 0.15) is 39.5 Å². The monoisotopic (exact) mass is 281 g/mol. The van der Waals surface area contributed by atoms with Crippen molar-refractivity contribution in [2.45, 2.75) is 45.6 Å². The molecule has 5 heteroatoms. The maximum atomic E-state index is 12.2. The van der Waals surface area contributed by atoms with Crippen molar-refractivity contribution in [2.75, 3.05) is 26.2 Å². The van der Waals surface area contributed by atoms with Gasteiger partial charge >= 0.3 is 11.8 Å². The first-order chi connectivity index (χ1) is 9.58. The maximum absolute atomic E-state index is 12.2. The molecule has 20 heavy (non-hydrogen) atoms. The van der Waals surface area contributed by atoms with Gasteiger partial charge in [-0.3, -0.25) is 9.59 Å². The van der Waals surface area contributed by atoms with Crippen LogP contribution in [0.4, 0.5) is 0 Å². The lowest BCUT2D eigenvalue weighted by Crippen LogP contribution is -2.50. The number of nitrogens with zero attached hydrogens (tertiary/aromatic N) is 1. The molecule has 0 radical (unpaired) electrons. The fraction of sp³-hybridized carbons (Fsp3) is 0.867. The minimum atomic E-state index is -0.418. The zero-order chi connectivity index (χ0) is 14.5. The number of carbonyl (C=O) groups is 2. The van der Waals surface area contributed by atoms with E-state index in [1.165, 1.54) is 0 Å². The zero-order valence-corrected chi connectivity index (χ0v) is 12.7. The standard InChI is InChI=1S/C15H27N3O2/c1-11-4-5-13(12(2)10-11)17-14(19)15(20)18-8-3-6-16-7-9-18/h11-13,16H,3-10H2,1-2H3,(H,17,19). The van der Waals surface area contributed by atoms with Crippen molar-refractivity contribution >= 4 is 11.8 Å². The summed E-state index contributed by atoms with van der Waals surface area (Å²) in [5.74, 6) is 0.407. The summed E-state index contributed by atoms with van der Waals surface area (Å²) in [4.78, 5) is 26.0. The largest absolute Gasteiger partial charge is 0.345 e. The highest BCUT2D eigenvalue weighted by Crippen LogP contribution is 2.28. The predicted molar refractivity (Wildman–Crippen MR) is 78.2 cm³/mol. The van der Waals surface area contributed by atoms with E-state index in [9.17, 15) is 9.59 Å². The van der Waals surface area contributed by atoms with Crippen LogP contribution in [0.5, 0.6) is 0 Å². The molecule has 1 aliphatic heterocycles. The van der Waals surface area contributed by atoms with E-state index < -0.39 is 5.91 Å². The molecule has 0 aromatic carbocycles. The molecule has 0 aromatic rings. The normalized spacial score (nSPS) is 31.5. The third kappa shape index (κ3) is 3.95. The van der Waals surface area contributed by atoms with Crippen LogP contribution in [0.25, 0.3) is 0 Å². The van der Waals surface area contributed by atoms with E-state index in [0.717, 1.165) is 44.7 Å². The molecule has 2 N–H and O–H groups in total. The summed E-state index contributed by atoms with van der Waals surface area (Å²) in [7, 11) is 0. The molecule has 5 nitrogen and oxygen atoms in total. The number of hydrogen-bond donors (Lipinski definition) is 2.